The first kappa shape index (κ1) is 11.7. The van der Waals surface area contributed by atoms with Gasteiger partial charge in [-0.25, -0.2) is 0 Å². The number of para-hydroxylation sites is 1. The van der Waals surface area contributed by atoms with Crippen molar-refractivity contribution in [1.82, 2.24) is 14.6 Å². The van der Waals surface area contributed by atoms with Gasteiger partial charge in [-0.3, -0.25) is 4.40 Å². The Morgan fingerprint density at radius 3 is 3.21 bits per heavy atom. The molecule has 0 radical (unpaired) electrons. The summed E-state index contributed by atoms with van der Waals surface area (Å²) in [7, 11) is 0. The van der Waals surface area contributed by atoms with Gasteiger partial charge in [-0.2, -0.15) is 0 Å². The molecule has 19 heavy (non-hydrogen) atoms. The molecular weight excluding hydrogens is 278 g/mol. The lowest BCUT2D eigenvalue weighted by Crippen LogP contribution is -2.08. The van der Waals surface area contributed by atoms with E-state index in [1.165, 1.54) is 23.1 Å². The van der Waals surface area contributed by atoms with Crippen LogP contribution in [-0.4, -0.2) is 33.1 Å². The van der Waals surface area contributed by atoms with Crippen molar-refractivity contribution >= 4 is 38.3 Å². The maximum absolute atomic E-state index is 5.66. The molecule has 2 aromatic heterocycles. The highest BCUT2D eigenvalue weighted by Crippen LogP contribution is 2.30. The highest BCUT2D eigenvalue weighted by atomic mass is 32.2. The number of hydrogen-bond donors (Lipinski definition) is 0. The van der Waals surface area contributed by atoms with Gasteiger partial charge in [-0.1, -0.05) is 35.2 Å². The summed E-state index contributed by atoms with van der Waals surface area (Å²) in [4.78, 5) is 0.969. The number of fused-ring (bicyclic) bond motifs is 3. The second-order valence-corrected chi connectivity index (χ2v) is 6.61. The summed E-state index contributed by atoms with van der Waals surface area (Å²) in [5.41, 5.74) is 1.20. The van der Waals surface area contributed by atoms with Gasteiger partial charge in [0.1, 0.15) is 0 Å². The van der Waals surface area contributed by atoms with Crippen molar-refractivity contribution in [2.45, 2.75) is 24.1 Å². The number of rotatable bonds is 3. The number of aromatic nitrogens is 3. The molecule has 0 aliphatic carbocycles. The van der Waals surface area contributed by atoms with Gasteiger partial charge < -0.3 is 4.74 Å². The number of nitrogens with zero attached hydrogens (tertiary/aromatic N) is 3. The number of benzene rings is 1. The van der Waals surface area contributed by atoms with E-state index in [1.54, 1.807) is 23.1 Å². The van der Waals surface area contributed by atoms with Crippen LogP contribution in [0.15, 0.2) is 29.4 Å². The van der Waals surface area contributed by atoms with Crippen LogP contribution in [0.5, 0.6) is 0 Å². The predicted molar refractivity (Wildman–Crippen MR) is 78.1 cm³/mol. The molecule has 4 rings (SSSR count). The van der Waals surface area contributed by atoms with Crippen LogP contribution in [0, 0.1) is 0 Å². The van der Waals surface area contributed by atoms with Gasteiger partial charge in [0.2, 0.25) is 4.96 Å². The Morgan fingerprint density at radius 2 is 2.32 bits per heavy atom. The van der Waals surface area contributed by atoms with Crippen LogP contribution in [0.25, 0.3) is 15.2 Å². The molecule has 0 amide bonds. The zero-order valence-corrected chi connectivity index (χ0v) is 11.9. The van der Waals surface area contributed by atoms with Crippen LogP contribution in [0.1, 0.15) is 12.8 Å². The molecule has 1 aromatic carbocycles. The molecular formula is C13H13N3OS2. The topological polar surface area (TPSA) is 39.4 Å². The predicted octanol–water partition coefficient (Wildman–Crippen LogP) is 3.22. The van der Waals surface area contributed by atoms with E-state index in [1.807, 2.05) is 0 Å². The fourth-order valence-corrected chi connectivity index (χ4v) is 4.43. The lowest BCUT2D eigenvalue weighted by molar-refractivity contribution is 0.129. The third-order valence-electron chi connectivity index (χ3n) is 3.33. The average Bonchev–Trinajstić information content (AvgIpc) is 3.13. The lowest BCUT2D eigenvalue weighted by atomic mass is 10.3. The van der Waals surface area contributed by atoms with Crippen molar-refractivity contribution < 1.29 is 4.74 Å². The Bertz CT molecular complexity index is 715. The molecule has 1 saturated heterocycles. The summed E-state index contributed by atoms with van der Waals surface area (Å²) in [6, 6.07) is 8.37. The van der Waals surface area contributed by atoms with Crippen molar-refractivity contribution in [3.63, 3.8) is 0 Å². The second-order valence-electron chi connectivity index (χ2n) is 4.62. The number of thioether (sulfide) groups is 1. The molecule has 6 heteroatoms. The molecule has 0 spiro atoms. The quantitative estimate of drug-likeness (QED) is 0.695. The number of hydrogen-bond acceptors (Lipinski definition) is 5. The minimum Gasteiger partial charge on any atom is -0.377 e. The Kier molecular flexibility index (Phi) is 2.94. The summed E-state index contributed by atoms with van der Waals surface area (Å²) in [5, 5.41) is 9.54. The van der Waals surface area contributed by atoms with Crippen molar-refractivity contribution in [3.05, 3.63) is 24.3 Å². The summed E-state index contributed by atoms with van der Waals surface area (Å²) in [6.45, 7) is 0.905. The van der Waals surface area contributed by atoms with Crippen LogP contribution in [0.3, 0.4) is 0 Å². The molecule has 98 valence electrons. The van der Waals surface area contributed by atoms with E-state index < -0.39 is 0 Å². The first-order chi connectivity index (χ1) is 9.42. The maximum atomic E-state index is 5.66. The van der Waals surface area contributed by atoms with E-state index in [2.05, 4.69) is 38.9 Å². The van der Waals surface area contributed by atoms with Crippen LogP contribution in [0.4, 0.5) is 0 Å². The minimum absolute atomic E-state index is 0.377. The normalized spacial score (nSPS) is 19.7. The second kappa shape index (κ2) is 4.77. The molecule has 1 aliphatic heterocycles. The van der Waals surface area contributed by atoms with E-state index in [0.717, 1.165) is 22.5 Å². The van der Waals surface area contributed by atoms with Crippen molar-refractivity contribution in [3.8, 4) is 0 Å². The summed E-state index contributed by atoms with van der Waals surface area (Å²) in [5.74, 6) is 0.963. The van der Waals surface area contributed by atoms with E-state index in [4.69, 9.17) is 4.74 Å². The highest BCUT2D eigenvalue weighted by Gasteiger charge is 2.18. The van der Waals surface area contributed by atoms with Gasteiger partial charge in [0.05, 0.1) is 16.3 Å². The largest absolute Gasteiger partial charge is 0.377 e. The van der Waals surface area contributed by atoms with Crippen LogP contribution in [0.2, 0.25) is 0 Å². The van der Waals surface area contributed by atoms with E-state index in [0.29, 0.717) is 6.10 Å². The lowest BCUT2D eigenvalue weighted by Gasteiger charge is -2.06. The maximum Gasteiger partial charge on any atom is 0.217 e. The van der Waals surface area contributed by atoms with Gasteiger partial charge >= 0.3 is 0 Å². The van der Waals surface area contributed by atoms with E-state index in [-0.39, 0.29) is 0 Å². The fraction of sp³-hybridized carbons (Fsp3) is 0.385. The summed E-state index contributed by atoms with van der Waals surface area (Å²) in [6.07, 6.45) is 2.73. The zero-order valence-electron chi connectivity index (χ0n) is 10.3. The Morgan fingerprint density at radius 1 is 1.37 bits per heavy atom. The molecule has 1 unspecified atom stereocenters. The van der Waals surface area contributed by atoms with Crippen molar-refractivity contribution in [2.24, 2.45) is 0 Å². The standard InChI is InChI=1S/C13H13N3OS2/c1-2-6-11-10(5-1)16-12(14-15-13(16)19-11)18-8-9-4-3-7-17-9/h1-2,5-6,9H,3-4,7-8H2. The molecule has 3 aromatic rings. The third-order valence-corrected chi connectivity index (χ3v) is 5.41. The van der Waals surface area contributed by atoms with Gasteiger partial charge in [0, 0.05) is 12.4 Å². The van der Waals surface area contributed by atoms with E-state index >= 15 is 0 Å². The molecule has 1 fully saturated rings. The van der Waals surface area contributed by atoms with Crippen LogP contribution < -0.4 is 0 Å². The van der Waals surface area contributed by atoms with E-state index in [9.17, 15) is 0 Å². The van der Waals surface area contributed by atoms with Gasteiger partial charge in [0.25, 0.3) is 0 Å². The third kappa shape index (κ3) is 2.04. The number of thiazole rings is 1. The van der Waals surface area contributed by atoms with Crippen LogP contribution in [-0.2, 0) is 4.74 Å². The Balaban J connectivity index is 1.68. The summed E-state index contributed by atoms with van der Waals surface area (Å²) < 4.78 is 9.06. The fourth-order valence-electron chi connectivity index (χ4n) is 2.39. The highest BCUT2D eigenvalue weighted by molar-refractivity contribution is 7.99. The average molecular weight is 291 g/mol. The Hall–Kier alpha value is -1.11. The molecule has 1 aliphatic rings. The first-order valence-corrected chi connectivity index (χ1v) is 8.19. The summed E-state index contributed by atoms with van der Waals surface area (Å²) >= 11 is 3.43. The molecule has 0 N–H and O–H groups in total. The SMILES string of the molecule is c1ccc2c(c1)sc1nnc(SCC3CCCO3)n12. The first-order valence-electron chi connectivity index (χ1n) is 6.39. The number of ether oxygens (including phenoxy) is 1. The Labute approximate surface area is 118 Å². The van der Waals surface area contributed by atoms with Gasteiger partial charge in [-0.05, 0) is 25.0 Å². The minimum atomic E-state index is 0.377. The monoisotopic (exact) mass is 291 g/mol. The van der Waals surface area contributed by atoms with Gasteiger partial charge in [0.15, 0.2) is 5.16 Å². The molecule has 3 heterocycles. The zero-order chi connectivity index (χ0) is 12.7. The molecule has 1 atom stereocenters. The van der Waals surface area contributed by atoms with Gasteiger partial charge in [-0.15, -0.1) is 10.2 Å². The van der Waals surface area contributed by atoms with Crippen molar-refractivity contribution in [2.75, 3.05) is 12.4 Å². The molecule has 0 bridgehead atoms. The van der Waals surface area contributed by atoms with Crippen molar-refractivity contribution in [1.29, 1.82) is 0 Å². The molecule has 4 nitrogen and oxygen atoms in total. The van der Waals surface area contributed by atoms with Crippen LogP contribution >= 0.6 is 23.1 Å². The molecule has 0 saturated carbocycles. The smallest absolute Gasteiger partial charge is 0.217 e.